The summed E-state index contributed by atoms with van der Waals surface area (Å²) in [6, 6.07) is 0. The molecule has 0 spiro atoms. The zero-order chi connectivity index (χ0) is 4.50. The van der Waals surface area contributed by atoms with Gasteiger partial charge in [-0.3, -0.25) is 0 Å². The number of nitrogens with one attached hydrogen (secondary N) is 1. The standard InChI is InChI=1S/C4H10N.Ta/c1-4(2,3)5;/h5H,1-3H3;/q-1;. The molecule has 1 nitrogen and oxygen atoms in total. The normalized spacial score (nSPS) is 10.0. The van der Waals surface area contributed by atoms with E-state index in [4.69, 9.17) is 5.73 Å². The van der Waals surface area contributed by atoms with Crippen molar-refractivity contribution < 1.29 is 22.4 Å². The average molecular weight is 253 g/mol. The van der Waals surface area contributed by atoms with Crippen LogP contribution < -0.4 is 0 Å². The zero-order valence-electron chi connectivity index (χ0n) is 4.45. The van der Waals surface area contributed by atoms with E-state index in [0.717, 1.165) is 0 Å². The van der Waals surface area contributed by atoms with E-state index in [1.165, 1.54) is 0 Å². The molecule has 1 N–H and O–H groups in total. The maximum Gasteiger partial charge on any atom is 0 e. The number of rotatable bonds is 0. The smallest absolute Gasteiger partial charge is 0 e. The first-order chi connectivity index (χ1) is 2.00. The molecule has 0 aliphatic rings. The fourth-order valence-electron chi connectivity index (χ4n) is 0. The van der Waals surface area contributed by atoms with Crippen LogP contribution in [-0.2, 0) is 22.4 Å². The average Bonchev–Trinajstić information content (AvgIpc) is 0.722. The van der Waals surface area contributed by atoms with Crippen molar-refractivity contribution >= 4 is 0 Å². The molecule has 2 heteroatoms. The fourth-order valence-corrected chi connectivity index (χ4v) is 0. The van der Waals surface area contributed by atoms with Gasteiger partial charge in [0.05, 0.1) is 0 Å². The van der Waals surface area contributed by atoms with E-state index in [1.54, 1.807) is 0 Å². The van der Waals surface area contributed by atoms with E-state index >= 15 is 0 Å². The van der Waals surface area contributed by atoms with Gasteiger partial charge in [-0.1, -0.05) is 20.8 Å². The Labute approximate surface area is 54.8 Å². The minimum Gasteiger partial charge on any atom is -0.673 e. The topological polar surface area (TPSA) is 23.8 Å². The van der Waals surface area contributed by atoms with Crippen LogP contribution in [0.2, 0.25) is 0 Å². The summed E-state index contributed by atoms with van der Waals surface area (Å²) in [7, 11) is 0. The summed E-state index contributed by atoms with van der Waals surface area (Å²) in [5.74, 6) is 0. The van der Waals surface area contributed by atoms with Crippen molar-refractivity contribution in [2.45, 2.75) is 26.3 Å². The molecule has 6 heavy (non-hydrogen) atoms. The first-order valence-electron chi connectivity index (χ1n) is 1.75. The molecule has 0 unspecified atom stereocenters. The summed E-state index contributed by atoms with van der Waals surface area (Å²) in [6.45, 7) is 5.56. The molecule has 0 saturated carbocycles. The summed E-state index contributed by atoms with van der Waals surface area (Å²) < 4.78 is 0. The molecule has 0 heterocycles. The van der Waals surface area contributed by atoms with Gasteiger partial charge in [0.25, 0.3) is 0 Å². The van der Waals surface area contributed by atoms with Crippen LogP contribution in [0.5, 0.6) is 0 Å². The van der Waals surface area contributed by atoms with Gasteiger partial charge in [0.1, 0.15) is 0 Å². The van der Waals surface area contributed by atoms with Gasteiger partial charge in [-0.2, -0.15) is 0 Å². The van der Waals surface area contributed by atoms with E-state index in [0.29, 0.717) is 0 Å². The van der Waals surface area contributed by atoms with Crippen LogP contribution in [0.4, 0.5) is 0 Å². The quantitative estimate of drug-likeness (QED) is 0.629. The Balaban J connectivity index is 0. The molecule has 0 amide bonds. The Morgan fingerprint density at radius 2 is 1.17 bits per heavy atom. The molecule has 0 bridgehead atoms. The largest absolute Gasteiger partial charge is 0.673 e. The molecule has 37 valence electrons. The summed E-state index contributed by atoms with van der Waals surface area (Å²) in [5.41, 5.74) is 6.69. The summed E-state index contributed by atoms with van der Waals surface area (Å²) >= 11 is 0. The van der Waals surface area contributed by atoms with Gasteiger partial charge < -0.3 is 5.73 Å². The maximum absolute atomic E-state index is 6.94. The Morgan fingerprint density at radius 3 is 1.17 bits per heavy atom. The van der Waals surface area contributed by atoms with E-state index in [1.807, 2.05) is 20.8 Å². The van der Waals surface area contributed by atoms with Crippen LogP contribution in [0.3, 0.4) is 0 Å². The molecule has 0 fully saturated rings. The second-order valence-electron chi connectivity index (χ2n) is 2.25. The van der Waals surface area contributed by atoms with Crippen molar-refractivity contribution in [1.29, 1.82) is 0 Å². The van der Waals surface area contributed by atoms with Crippen LogP contribution >= 0.6 is 0 Å². The van der Waals surface area contributed by atoms with Gasteiger partial charge in [0, 0.05) is 22.4 Å². The molecule has 0 aromatic rings. The minimum atomic E-state index is -0.250. The van der Waals surface area contributed by atoms with Crippen molar-refractivity contribution in [3.8, 4) is 0 Å². The first-order valence-corrected chi connectivity index (χ1v) is 1.75. The van der Waals surface area contributed by atoms with Gasteiger partial charge in [0.2, 0.25) is 0 Å². The third-order valence-electron chi connectivity index (χ3n) is 0. The van der Waals surface area contributed by atoms with Crippen molar-refractivity contribution in [1.82, 2.24) is 0 Å². The van der Waals surface area contributed by atoms with Crippen LogP contribution in [0.25, 0.3) is 5.73 Å². The molecule has 0 rings (SSSR count). The molecule has 0 aromatic heterocycles. The van der Waals surface area contributed by atoms with Crippen LogP contribution in [0.1, 0.15) is 20.8 Å². The van der Waals surface area contributed by atoms with Gasteiger partial charge in [-0.05, 0) is 0 Å². The van der Waals surface area contributed by atoms with E-state index in [-0.39, 0.29) is 27.9 Å². The zero-order valence-corrected chi connectivity index (χ0v) is 7.66. The van der Waals surface area contributed by atoms with Crippen molar-refractivity contribution in [3.05, 3.63) is 5.73 Å². The first kappa shape index (κ1) is 9.85. The van der Waals surface area contributed by atoms with Gasteiger partial charge in [-0.25, -0.2) is 0 Å². The SMILES string of the molecule is CC(C)(C)[NH-].[Ta]. The monoisotopic (exact) mass is 253 g/mol. The predicted molar refractivity (Wildman–Crippen MR) is 24.1 cm³/mol. The second-order valence-corrected chi connectivity index (χ2v) is 2.25. The third kappa shape index (κ3) is 131. The second kappa shape index (κ2) is 2.81. The number of hydrogen-bond acceptors (Lipinski definition) is 0. The van der Waals surface area contributed by atoms with Crippen LogP contribution in [0.15, 0.2) is 0 Å². The molecular formula is C4H10NTa-. The number of hydrogen-bond donors (Lipinski definition) is 0. The molecule has 0 aliphatic carbocycles. The van der Waals surface area contributed by atoms with Gasteiger partial charge >= 0.3 is 0 Å². The summed E-state index contributed by atoms with van der Waals surface area (Å²) in [5, 5.41) is 0. The molecule has 1 radical (unpaired) electrons. The third-order valence-corrected chi connectivity index (χ3v) is 0. The Bertz CT molecular complexity index is 23.0. The minimum absolute atomic E-state index is 0. The van der Waals surface area contributed by atoms with Crippen molar-refractivity contribution in [2.24, 2.45) is 0 Å². The molecular weight excluding hydrogens is 243 g/mol. The Kier molecular flexibility index (Phi) is 4.61. The predicted octanol–water partition coefficient (Wildman–Crippen LogP) is 1.83. The summed E-state index contributed by atoms with van der Waals surface area (Å²) in [4.78, 5) is 0. The van der Waals surface area contributed by atoms with Gasteiger partial charge in [-0.15, -0.1) is 5.54 Å². The molecule has 0 atom stereocenters. The van der Waals surface area contributed by atoms with Crippen LogP contribution in [-0.4, -0.2) is 5.54 Å². The molecule has 0 saturated heterocycles. The Hall–Kier alpha value is 0.700. The van der Waals surface area contributed by atoms with Crippen molar-refractivity contribution in [3.63, 3.8) is 0 Å². The van der Waals surface area contributed by atoms with E-state index in [9.17, 15) is 0 Å². The maximum atomic E-state index is 6.94. The fraction of sp³-hybridized carbons (Fsp3) is 1.00. The summed E-state index contributed by atoms with van der Waals surface area (Å²) in [6.07, 6.45) is 0. The molecule has 0 aromatic carbocycles. The van der Waals surface area contributed by atoms with Crippen LogP contribution in [0, 0.1) is 0 Å². The van der Waals surface area contributed by atoms with Gasteiger partial charge in [0.15, 0.2) is 0 Å². The van der Waals surface area contributed by atoms with E-state index < -0.39 is 0 Å². The van der Waals surface area contributed by atoms with E-state index in [2.05, 4.69) is 0 Å². The Morgan fingerprint density at radius 1 is 1.17 bits per heavy atom. The van der Waals surface area contributed by atoms with Crippen molar-refractivity contribution in [2.75, 3.05) is 0 Å². The molecule has 0 aliphatic heterocycles.